The Morgan fingerprint density at radius 3 is 2.44 bits per heavy atom. The van der Waals surface area contributed by atoms with Crippen LogP contribution in [0.2, 0.25) is 0 Å². The van der Waals surface area contributed by atoms with Gasteiger partial charge in [-0.25, -0.2) is 0 Å². The van der Waals surface area contributed by atoms with Gasteiger partial charge in [0.1, 0.15) is 6.54 Å². The number of carbonyl (C=O) groups excluding carboxylic acids is 3. The standard InChI is InChI=1S/C28H30N4O3S/c33-26(31-14-7-1-2-8-15-31)19-32-18-22(20-9-4-6-12-24(20)32)27(34)28(35)29-13-16-36-25-17-30-23-11-5-3-10-21(23)25/h3-6,9-12,17-18,30H,1-2,7-8,13-16,19H2,(H,29,35). The summed E-state index contributed by atoms with van der Waals surface area (Å²) in [7, 11) is 0. The maximum atomic E-state index is 13.1. The molecule has 2 aromatic carbocycles. The van der Waals surface area contributed by atoms with Crippen molar-refractivity contribution in [3.63, 3.8) is 0 Å². The number of para-hydroxylation sites is 2. The molecule has 4 aromatic rings. The van der Waals surface area contributed by atoms with E-state index in [0.717, 1.165) is 60.1 Å². The van der Waals surface area contributed by atoms with Crippen molar-refractivity contribution in [2.45, 2.75) is 37.1 Å². The van der Waals surface area contributed by atoms with E-state index in [1.54, 1.807) is 22.5 Å². The van der Waals surface area contributed by atoms with E-state index in [1.165, 1.54) is 0 Å². The SMILES string of the molecule is O=C(NCCSc1c[nH]c2ccccc12)C(=O)c1cn(CC(=O)N2CCCCCC2)c2ccccc12. The van der Waals surface area contributed by atoms with Crippen molar-refractivity contribution in [1.29, 1.82) is 0 Å². The van der Waals surface area contributed by atoms with Crippen LogP contribution in [0.5, 0.6) is 0 Å². The fraction of sp³-hybridized carbons (Fsp3) is 0.321. The van der Waals surface area contributed by atoms with E-state index in [9.17, 15) is 14.4 Å². The number of fused-ring (bicyclic) bond motifs is 2. The second-order valence-corrected chi connectivity index (χ2v) is 10.3. The third-order valence-electron chi connectivity index (χ3n) is 6.70. The number of hydrogen-bond donors (Lipinski definition) is 2. The van der Waals surface area contributed by atoms with Crippen LogP contribution in [0.15, 0.2) is 65.8 Å². The van der Waals surface area contributed by atoms with Crippen molar-refractivity contribution in [1.82, 2.24) is 19.8 Å². The molecule has 0 atom stereocenters. The maximum Gasteiger partial charge on any atom is 0.292 e. The van der Waals surface area contributed by atoms with Gasteiger partial charge in [0.2, 0.25) is 5.91 Å². The fourth-order valence-corrected chi connectivity index (χ4v) is 5.72. The molecule has 0 aliphatic carbocycles. The number of aromatic amines is 1. The van der Waals surface area contributed by atoms with Crippen LogP contribution in [0.4, 0.5) is 0 Å². The van der Waals surface area contributed by atoms with Crippen molar-refractivity contribution in [2.75, 3.05) is 25.4 Å². The Balaban J connectivity index is 1.23. The largest absolute Gasteiger partial charge is 0.360 e. The van der Waals surface area contributed by atoms with Gasteiger partial charge in [-0.2, -0.15) is 0 Å². The average molecular weight is 503 g/mol. The van der Waals surface area contributed by atoms with Gasteiger partial charge in [0.15, 0.2) is 0 Å². The predicted octanol–water partition coefficient (Wildman–Crippen LogP) is 4.62. The first kappa shape index (κ1) is 24.2. The molecule has 1 aliphatic rings. The molecule has 0 spiro atoms. The summed E-state index contributed by atoms with van der Waals surface area (Å²) in [4.78, 5) is 45.0. The molecular formula is C28H30N4O3S. The van der Waals surface area contributed by atoms with Crippen molar-refractivity contribution in [2.24, 2.45) is 0 Å². The van der Waals surface area contributed by atoms with Crippen LogP contribution >= 0.6 is 11.8 Å². The molecule has 7 nitrogen and oxygen atoms in total. The number of H-pyrrole nitrogens is 1. The van der Waals surface area contributed by atoms with Crippen LogP contribution in [-0.4, -0.2) is 57.4 Å². The van der Waals surface area contributed by atoms with Crippen molar-refractivity contribution < 1.29 is 14.4 Å². The maximum absolute atomic E-state index is 13.1. The minimum absolute atomic E-state index is 0.0513. The Morgan fingerprint density at radius 1 is 0.917 bits per heavy atom. The van der Waals surface area contributed by atoms with Gasteiger partial charge >= 0.3 is 0 Å². The van der Waals surface area contributed by atoms with Crippen LogP contribution in [0.3, 0.4) is 0 Å². The lowest BCUT2D eigenvalue weighted by Gasteiger charge is -2.20. The Bertz CT molecular complexity index is 1400. The number of nitrogens with zero attached hydrogens (tertiary/aromatic N) is 2. The topological polar surface area (TPSA) is 87.2 Å². The van der Waals surface area contributed by atoms with Crippen molar-refractivity contribution >= 4 is 51.2 Å². The van der Waals surface area contributed by atoms with Crippen LogP contribution in [0, 0.1) is 0 Å². The van der Waals surface area contributed by atoms with Crippen LogP contribution < -0.4 is 5.32 Å². The number of ketones is 1. The van der Waals surface area contributed by atoms with Crippen LogP contribution in [-0.2, 0) is 16.1 Å². The molecule has 2 aromatic heterocycles. The molecule has 5 rings (SSSR count). The molecule has 0 saturated carbocycles. The van der Waals surface area contributed by atoms with E-state index in [1.807, 2.05) is 53.6 Å². The molecule has 186 valence electrons. The van der Waals surface area contributed by atoms with E-state index in [0.29, 0.717) is 23.2 Å². The van der Waals surface area contributed by atoms with Gasteiger partial charge in [0.05, 0.1) is 5.56 Å². The molecular weight excluding hydrogens is 472 g/mol. The minimum Gasteiger partial charge on any atom is -0.360 e. The van der Waals surface area contributed by atoms with Gasteiger partial charge in [-0.3, -0.25) is 14.4 Å². The van der Waals surface area contributed by atoms with E-state index < -0.39 is 11.7 Å². The highest BCUT2D eigenvalue weighted by molar-refractivity contribution is 7.99. The summed E-state index contributed by atoms with van der Waals surface area (Å²) in [5.74, 6) is -0.511. The van der Waals surface area contributed by atoms with Crippen LogP contribution in [0.25, 0.3) is 21.8 Å². The lowest BCUT2D eigenvalue weighted by molar-refractivity contribution is -0.131. The molecule has 1 aliphatic heterocycles. The lowest BCUT2D eigenvalue weighted by Crippen LogP contribution is -2.34. The summed E-state index contributed by atoms with van der Waals surface area (Å²) in [6, 6.07) is 15.5. The van der Waals surface area contributed by atoms with E-state index in [4.69, 9.17) is 0 Å². The normalized spacial score (nSPS) is 14.2. The van der Waals surface area contributed by atoms with Crippen molar-refractivity contribution in [3.8, 4) is 0 Å². The van der Waals surface area contributed by atoms with E-state index >= 15 is 0 Å². The number of Topliss-reactive ketones (excluding diaryl/α,β-unsaturated/α-hetero) is 1. The first-order chi connectivity index (χ1) is 17.6. The zero-order valence-corrected chi connectivity index (χ0v) is 21.0. The molecule has 0 bridgehead atoms. The number of carbonyl (C=O) groups is 3. The first-order valence-electron chi connectivity index (χ1n) is 12.5. The van der Waals surface area contributed by atoms with Crippen molar-refractivity contribution in [3.05, 3.63) is 66.5 Å². The number of rotatable bonds is 8. The molecule has 0 unspecified atom stereocenters. The molecule has 3 heterocycles. The number of hydrogen-bond acceptors (Lipinski definition) is 4. The second kappa shape index (κ2) is 11.0. The number of amides is 2. The Morgan fingerprint density at radius 2 is 1.64 bits per heavy atom. The first-order valence-corrected chi connectivity index (χ1v) is 13.5. The van der Waals surface area contributed by atoms with Crippen LogP contribution in [0.1, 0.15) is 36.0 Å². The van der Waals surface area contributed by atoms with Gasteiger partial charge in [-0.1, -0.05) is 49.2 Å². The summed E-state index contributed by atoms with van der Waals surface area (Å²) < 4.78 is 1.80. The second-order valence-electron chi connectivity index (χ2n) is 9.11. The molecule has 2 amide bonds. The Kier molecular flexibility index (Phi) is 7.41. The molecule has 1 saturated heterocycles. The van der Waals surface area contributed by atoms with Gasteiger partial charge in [0.25, 0.3) is 11.7 Å². The highest BCUT2D eigenvalue weighted by atomic mass is 32.2. The van der Waals surface area contributed by atoms with Gasteiger partial charge < -0.3 is 19.8 Å². The number of thioether (sulfide) groups is 1. The summed E-state index contributed by atoms with van der Waals surface area (Å²) in [5.41, 5.74) is 2.19. The molecule has 36 heavy (non-hydrogen) atoms. The summed E-state index contributed by atoms with van der Waals surface area (Å²) >= 11 is 1.63. The highest BCUT2D eigenvalue weighted by Gasteiger charge is 2.23. The van der Waals surface area contributed by atoms with Gasteiger partial charge in [-0.15, -0.1) is 11.8 Å². The monoisotopic (exact) mass is 502 g/mol. The number of likely N-dealkylation sites (tertiary alicyclic amines) is 1. The molecule has 8 heteroatoms. The Labute approximate surface area is 214 Å². The van der Waals surface area contributed by atoms with E-state index in [2.05, 4.69) is 16.4 Å². The third-order valence-corrected chi connectivity index (χ3v) is 7.76. The van der Waals surface area contributed by atoms with E-state index in [-0.39, 0.29) is 12.5 Å². The summed E-state index contributed by atoms with van der Waals surface area (Å²) in [6.45, 7) is 2.10. The third kappa shape index (κ3) is 5.18. The Hall–Kier alpha value is -3.52. The lowest BCUT2D eigenvalue weighted by atomic mass is 10.1. The number of benzene rings is 2. The summed E-state index contributed by atoms with van der Waals surface area (Å²) in [5, 5.41) is 4.60. The fourth-order valence-electron chi connectivity index (χ4n) is 4.82. The zero-order chi connectivity index (χ0) is 24.9. The molecule has 1 fully saturated rings. The number of aromatic nitrogens is 2. The average Bonchev–Trinajstić information content (AvgIpc) is 3.35. The molecule has 2 N–H and O–H groups in total. The molecule has 0 radical (unpaired) electrons. The summed E-state index contributed by atoms with van der Waals surface area (Å²) in [6.07, 6.45) is 7.99. The number of nitrogens with one attached hydrogen (secondary N) is 2. The van der Waals surface area contributed by atoms with Gasteiger partial charge in [0, 0.05) is 64.5 Å². The predicted molar refractivity (Wildman–Crippen MR) is 143 cm³/mol. The minimum atomic E-state index is -0.628. The quantitative estimate of drug-likeness (QED) is 0.159. The smallest absolute Gasteiger partial charge is 0.292 e. The van der Waals surface area contributed by atoms with Gasteiger partial charge in [-0.05, 0) is 25.0 Å². The zero-order valence-electron chi connectivity index (χ0n) is 20.2. The highest BCUT2D eigenvalue weighted by Crippen LogP contribution is 2.27.